The predicted molar refractivity (Wildman–Crippen MR) is 93.4 cm³/mol. The lowest BCUT2D eigenvalue weighted by atomic mass is 10.0. The second-order valence-corrected chi connectivity index (χ2v) is 5.78. The number of ether oxygens (including phenoxy) is 1. The molecule has 1 aliphatic rings. The van der Waals surface area contributed by atoms with E-state index in [4.69, 9.17) is 4.74 Å². The normalized spacial score (nSPS) is 16.4. The monoisotopic (exact) mass is 390 g/mol. The molecule has 0 unspecified atom stereocenters. The molecular weight excluding hydrogens is 377 g/mol. The Morgan fingerprint density at radius 3 is 2.32 bits per heavy atom. The molecule has 1 N–H and O–H groups in total. The number of amides is 4. The van der Waals surface area contributed by atoms with Gasteiger partial charge in [-0.1, -0.05) is 12.1 Å². The Morgan fingerprint density at radius 1 is 1.04 bits per heavy atom. The van der Waals surface area contributed by atoms with Gasteiger partial charge in [-0.15, -0.1) is 0 Å². The summed E-state index contributed by atoms with van der Waals surface area (Å²) in [6.07, 6.45) is -3.56. The highest BCUT2D eigenvalue weighted by molar-refractivity contribution is 6.39. The fourth-order valence-corrected chi connectivity index (χ4v) is 2.59. The maximum absolute atomic E-state index is 12.9. The third-order valence-electron chi connectivity index (χ3n) is 3.96. The van der Waals surface area contributed by atoms with E-state index in [-0.39, 0.29) is 11.3 Å². The van der Waals surface area contributed by atoms with Crippen LogP contribution in [0.15, 0.2) is 54.1 Å². The van der Waals surface area contributed by atoms with E-state index in [1.54, 1.807) is 0 Å². The summed E-state index contributed by atoms with van der Waals surface area (Å²) in [5.41, 5.74) is -1.22. The molecule has 0 bridgehead atoms. The van der Waals surface area contributed by atoms with Gasteiger partial charge in [-0.25, -0.2) is 9.69 Å². The SMILES string of the molecule is COc1ccc(N2C(=O)NC(=O)/C(=C\c3cccc(C(F)(F)F)c3)C2=O)cc1. The van der Waals surface area contributed by atoms with Crippen LogP contribution in [0.25, 0.3) is 6.08 Å². The van der Waals surface area contributed by atoms with E-state index in [1.165, 1.54) is 37.4 Å². The molecule has 6 nitrogen and oxygen atoms in total. The van der Waals surface area contributed by atoms with Crippen molar-refractivity contribution in [3.8, 4) is 5.75 Å². The third kappa shape index (κ3) is 3.73. The van der Waals surface area contributed by atoms with Gasteiger partial charge in [-0.3, -0.25) is 14.9 Å². The first kappa shape index (κ1) is 19.2. The molecule has 3 rings (SSSR count). The highest BCUT2D eigenvalue weighted by Crippen LogP contribution is 2.30. The topological polar surface area (TPSA) is 75.7 Å². The Balaban J connectivity index is 1.99. The predicted octanol–water partition coefficient (Wildman–Crippen LogP) is 3.38. The minimum absolute atomic E-state index is 0.00245. The van der Waals surface area contributed by atoms with Crippen LogP contribution in [0.5, 0.6) is 5.75 Å². The number of hydrogen-bond donors (Lipinski definition) is 1. The molecule has 0 radical (unpaired) electrons. The number of nitrogens with one attached hydrogen (secondary N) is 1. The second kappa shape index (κ2) is 7.18. The molecule has 1 heterocycles. The number of carbonyl (C=O) groups excluding carboxylic acids is 3. The van der Waals surface area contributed by atoms with Gasteiger partial charge in [0, 0.05) is 0 Å². The smallest absolute Gasteiger partial charge is 0.416 e. The van der Waals surface area contributed by atoms with Crippen molar-refractivity contribution in [2.45, 2.75) is 6.18 Å². The third-order valence-corrected chi connectivity index (χ3v) is 3.96. The lowest BCUT2D eigenvalue weighted by Crippen LogP contribution is -2.54. The molecule has 1 saturated heterocycles. The van der Waals surface area contributed by atoms with Crippen LogP contribution in [-0.4, -0.2) is 25.0 Å². The van der Waals surface area contributed by atoms with Crippen LogP contribution in [0.3, 0.4) is 0 Å². The standard InChI is InChI=1S/C19H13F3N2O4/c1-28-14-7-5-13(6-8-14)24-17(26)15(16(25)23-18(24)27)10-11-3-2-4-12(9-11)19(20,21)22/h2-10H,1H3,(H,23,25,27)/b15-10+. The van der Waals surface area contributed by atoms with E-state index in [2.05, 4.69) is 0 Å². The summed E-state index contributed by atoms with van der Waals surface area (Å²) in [6.45, 7) is 0. The van der Waals surface area contributed by atoms with Crippen LogP contribution in [0.2, 0.25) is 0 Å². The first-order valence-corrected chi connectivity index (χ1v) is 7.93. The highest BCUT2D eigenvalue weighted by atomic mass is 19.4. The van der Waals surface area contributed by atoms with E-state index < -0.39 is 35.2 Å². The van der Waals surface area contributed by atoms with Crippen molar-refractivity contribution in [2.75, 3.05) is 12.0 Å². The number of imide groups is 2. The number of benzene rings is 2. The highest BCUT2D eigenvalue weighted by Gasteiger charge is 2.37. The molecule has 4 amide bonds. The zero-order valence-electron chi connectivity index (χ0n) is 14.4. The van der Waals surface area contributed by atoms with Gasteiger partial charge in [0.2, 0.25) is 0 Å². The Kier molecular flexibility index (Phi) is 4.91. The zero-order valence-corrected chi connectivity index (χ0v) is 14.4. The van der Waals surface area contributed by atoms with Crippen LogP contribution >= 0.6 is 0 Å². The maximum atomic E-state index is 12.9. The van der Waals surface area contributed by atoms with Crippen LogP contribution in [0.4, 0.5) is 23.7 Å². The molecule has 9 heteroatoms. The van der Waals surface area contributed by atoms with Crippen molar-refractivity contribution >= 4 is 29.6 Å². The van der Waals surface area contributed by atoms with Crippen LogP contribution in [0.1, 0.15) is 11.1 Å². The first-order chi connectivity index (χ1) is 13.2. The van der Waals surface area contributed by atoms with Crippen LogP contribution in [0, 0.1) is 0 Å². The summed E-state index contributed by atoms with van der Waals surface area (Å²) >= 11 is 0. The molecular formula is C19H13F3N2O4. The van der Waals surface area contributed by atoms with Gasteiger partial charge in [0.1, 0.15) is 11.3 Å². The Hall–Kier alpha value is -3.62. The van der Waals surface area contributed by atoms with E-state index >= 15 is 0 Å². The number of halogens is 3. The zero-order chi connectivity index (χ0) is 20.5. The van der Waals surface area contributed by atoms with Gasteiger partial charge in [-0.2, -0.15) is 13.2 Å². The fourth-order valence-electron chi connectivity index (χ4n) is 2.59. The van der Waals surface area contributed by atoms with Gasteiger partial charge in [0.15, 0.2) is 0 Å². The molecule has 1 aliphatic heterocycles. The summed E-state index contributed by atoms with van der Waals surface area (Å²) in [7, 11) is 1.45. The summed E-state index contributed by atoms with van der Waals surface area (Å²) in [4.78, 5) is 37.6. The number of urea groups is 1. The molecule has 2 aromatic carbocycles. The summed E-state index contributed by atoms with van der Waals surface area (Å²) in [6, 6.07) is 9.11. The molecule has 0 atom stereocenters. The van der Waals surface area contributed by atoms with Crippen molar-refractivity contribution in [3.63, 3.8) is 0 Å². The minimum atomic E-state index is -4.57. The second-order valence-electron chi connectivity index (χ2n) is 5.78. The van der Waals surface area contributed by atoms with Crippen molar-refractivity contribution in [1.29, 1.82) is 0 Å². The first-order valence-electron chi connectivity index (χ1n) is 7.93. The Morgan fingerprint density at radius 2 is 1.71 bits per heavy atom. The van der Waals surface area contributed by atoms with E-state index in [9.17, 15) is 27.6 Å². The fraction of sp³-hybridized carbons (Fsp3) is 0.105. The number of nitrogens with zero attached hydrogens (tertiary/aromatic N) is 1. The number of rotatable bonds is 3. The summed E-state index contributed by atoms with van der Waals surface area (Å²) in [5.74, 6) is -1.45. The van der Waals surface area contributed by atoms with Gasteiger partial charge < -0.3 is 4.74 Å². The quantitative estimate of drug-likeness (QED) is 0.644. The van der Waals surface area contributed by atoms with Crippen molar-refractivity contribution in [1.82, 2.24) is 5.32 Å². The van der Waals surface area contributed by atoms with Crippen molar-refractivity contribution in [3.05, 3.63) is 65.2 Å². The molecule has 0 spiro atoms. The summed E-state index contributed by atoms with van der Waals surface area (Å²) in [5, 5.41) is 2.01. The molecule has 0 aromatic heterocycles. The van der Waals surface area contributed by atoms with Gasteiger partial charge in [0.05, 0.1) is 18.4 Å². The number of carbonyl (C=O) groups is 3. The van der Waals surface area contributed by atoms with Gasteiger partial charge in [-0.05, 0) is 48.0 Å². The van der Waals surface area contributed by atoms with Crippen LogP contribution in [-0.2, 0) is 15.8 Å². The molecule has 28 heavy (non-hydrogen) atoms. The van der Waals surface area contributed by atoms with Gasteiger partial charge >= 0.3 is 12.2 Å². The lowest BCUT2D eigenvalue weighted by molar-refractivity contribution is -0.137. The van der Waals surface area contributed by atoms with E-state index in [1.807, 2.05) is 5.32 Å². The molecule has 144 valence electrons. The Bertz CT molecular complexity index is 981. The average Bonchev–Trinajstić information content (AvgIpc) is 2.65. The lowest BCUT2D eigenvalue weighted by Gasteiger charge is -2.26. The maximum Gasteiger partial charge on any atom is 0.416 e. The number of hydrogen-bond acceptors (Lipinski definition) is 4. The average molecular weight is 390 g/mol. The van der Waals surface area contributed by atoms with Crippen molar-refractivity contribution < 1.29 is 32.3 Å². The number of methoxy groups -OCH3 is 1. The van der Waals surface area contributed by atoms with Crippen LogP contribution < -0.4 is 15.0 Å². The largest absolute Gasteiger partial charge is 0.497 e. The minimum Gasteiger partial charge on any atom is -0.497 e. The van der Waals surface area contributed by atoms with E-state index in [0.29, 0.717) is 5.75 Å². The number of alkyl halides is 3. The number of anilines is 1. The van der Waals surface area contributed by atoms with Crippen molar-refractivity contribution in [2.24, 2.45) is 0 Å². The molecule has 2 aromatic rings. The summed E-state index contributed by atoms with van der Waals surface area (Å²) < 4.78 is 43.6. The molecule has 0 aliphatic carbocycles. The molecule has 0 saturated carbocycles. The molecule has 1 fully saturated rings. The Labute approximate surface area is 157 Å². The van der Waals surface area contributed by atoms with E-state index in [0.717, 1.165) is 29.2 Å². The van der Waals surface area contributed by atoms with Gasteiger partial charge in [0.25, 0.3) is 11.8 Å². The number of barbiturate groups is 1.